The summed E-state index contributed by atoms with van der Waals surface area (Å²) >= 11 is 0. The van der Waals surface area contributed by atoms with Crippen molar-refractivity contribution < 1.29 is 29.6 Å². The summed E-state index contributed by atoms with van der Waals surface area (Å²) in [6.45, 7) is 2.84. The van der Waals surface area contributed by atoms with Crippen LogP contribution in [0.2, 0.25) is 0 Å². The summed E-state index contributed by atoms with van der Waals surface area (Å²) in [7, 11) is 0. The second kappa shape index (κ2) is 5.50. The van der Waals surface area contributed by atoms with Gasteiger partial charge in [-0.05, 0) is 42.7 Å². The van der Waals surface area contributed by atoms with Crippen LogP contribution in [0.1, 0.15) is 22.8 Å². The fourth-order valence-corrected chi connectivity index (χ4v) is 1.65. The highest BCUT2D eigenvalue weighted by Crippen LogP contribution is 2.27. The molecule has 0 aliphatic heterocycles. The van der Waals surface area contributed by atoms with E-state index in [1.165, 1.54) is 12.1 Å². The van der Waals surface area contributed by atoms with Crippen molar-refractivity contribution in [3.05, 3.63) is 28.8 Å². The third-order valence-corrected chi connectivity index (χ3v) is 2.37. The van der Waals surface area contributed by atoms with Gasteiger partial charge in [0.05, 0.1) is 0 Å². The zero-order valence-electron chi connectivity index (χ0n) is 10.0. The van der Waals surface area contributed by atoms with Gasteiger partial charge in [-0.1, -0.05) is 0 Å². The molecule has 1 unspecified atom stereocenters. The zero-order chi connectivity index (χ0) is 13.9. The van der Waals surface area contributed by atoms with Crippen molar-refractivity contribution >= 4 is 11.9 Å². The van der Waals surface area contributed by atoms with Crippen LogP contribution in [0.25, 0.3) is 0 Å². The van der Waals surface area contributed by atoms with E-state index in [-0.39, 0.29) is 5.56 Å². The van der Waals surface area contributed by atoms with Gasteiger partial charge in [0.1, 0.15) is 5.75 Å². The number of aliphatic hydroxyl groups is 1. The third-order valence-electron chi connectivity index (χ3n) is 2.37. The Bertz CT molecular complexity index is 456. The summed E-state index contributed by atoms with van der Waals surface area (Å²) in [6, 6.07) is 2.92. The fourth-order valence-electron chi connectivity index (χ4n) is 1.65. The molecule has 1 aromatic rings. The van der Waals surface area contributed by atoms with Gasteiger partial charge in [-0.2, -0.15) is 0 Å². The van der Waals surface area contributed by atoms with E-state index in [4.69, 9.17) is 14.9 Å². The van der Waals surface area contributed by atoms with Crippen LogP contribution in [0, 0.1) is 13.8 Å². The van der Waals surface area contributed by atoms with Crippen LogP contribution in [-0.4, -0.2) is 33.9 Å². The Labute approximate surface area is 103 Å². The smallest absolute Gasteiger partial charge is 0.341 e. The van der Waals surface area contributed by atoms with E-state index in [0.717, 1.165) is 0 Å². The number of carbonyl (C=O) groups is 2. The number of aryl methyl sites for hydroxylation is 2. The first-order valence-electron chi connectivity index (χ1n) is 5.19. The molecule has 0 heterocycles. The van der Waals surface area contributed by atoms with Crippen molar-refractivity contribution in [3.8, 4) is 5.75 Å². The van der Waals surface area contributed by atoms with Gasteiger partial charge in [0.2, 0.25) is 0 Å². The van der Waals surface area contributed by atoms with Crippen molar-refractivity contribution in [3.63, 3.8) is 0 Å². The fraction of sp³-hybridized carbons (Fsp3) is 0.333. The summed E-state index contributed by atoms with van der Waals surface area (Å²) < 4.78 is 5.10. The van der Waals surface area contributed by atoms with Crippen LogP contribution < -0.4 is 4.74 Å². The number of ether oxygens (including phenoxy) is 1. The molecule has 0 spiro atoms. The molecule has 0 aliphatic carbocycles. The van der Waals surface area contributed by atoms with E-state index in [9.17, 15) is 14.7 Å². The maximum atomic E-state index is 10.7. The van der Waals surface area contributed by atoms with Crippen LogP contribution >= 0.6 is 0 Å². The van der Waals surface area contributed by atoms with E-state index < -0.39 is 24.6 Å². The minimum atomic E-state index is -1.60. The van der Waals surface area contributed by atoms with Gasteiger partial charge in [-0.3, -0.25) is 0 Å². The van der Waals surface area contributed by atoms with E-state index in [1.807, 2.05) is 0 Å². The first-order valence-corrected chi connectivity index (χ1v) is 5.19. The van der Waals surface area contributed by atoms with Gasteiger partial charge in [0.25, 0.3) is 0 Å². The van der Waals surface area contributed by atoms with Gasteiger partial charge in [-0.25, -0.2) is 9.59 Å². The molecular formula is C12H14O6. The lowest BCUT2D eigenvalue weighted by molar-refractivity contribution is -0.147. The second-order valence-electron chi connectivity index (χ2n) is 3.91. The predicted octanol–water partition coefficient (Wildman–Crippen LogP) is 0.885. The van der Waals surface area contributed by atoms with E-state index in [0.29, 0.717) is 16.9 Å². The maximum absolute atomic E-state index is 10.7. The lowest BCUT2D eigenvalue weighted by Crippen LogP contribution is -2.13. The average Bonchev–Trinajstić information content (AvgIpc) is 2.26. The van der Waals surface area contributed by atoms with Crippen molar-refractivity contribution in [2.45, 2.75) is 20.0 Å². The quantitative estimate of drug-likeness (QED) is 0.720. The molecule has 0 aliphatic rings. The third kappa shape index (κ3) is 3.21. The normalized spacial score (nSPS) is 11.9. The Morgan fingerprint density at radius 1 is 1.22 bits per heavy atom. The highest BCUT2D eigenvalue weighted by Gasteiger charge is 2.18. The average molecular weight is 254 g/mol. The minimum Gasteiger partial charge on any atom is -0.481 e. The Balaban J connectivity index is 3.04. The van der Waals surface area contributed by atoms with Crippen LogP contribution in [0.4, 0.5) is 0 Å². The van der Waals surface area contributed by atoms with Gasteiger partial charge in [-0.15, -0.1) is 0 Å². The molecule has 3 N–H and O–H groups in total. The maximum Gasteiger partial charge on any atom is 0.341 e. The van der Waals surface area contributed by atoms with Gasteiger partial charge >= 0.3 is 11.9 Å². The summed E-state index contributed by atoms with van der Waals surface area (Å²) in [5, 5.41) is 26.7. The summed E-state index contributed by atoms with van der Waals surface area (Å²) in [5.74, 6) is -2.05. The molecular weight excluding hydrogens is 240 g/mol. The minimum absolute atomic E-state index is 0.236. The lowest BCUT2D eigenvalue weighted by Gasteiger charge is -2.14. The number of carboxylic acid groups (broad SMARTS) is 2. The Hall–Kier alpha value is -2.08. The molecule has 98 valence electrons. The molecule has 0 amide bonds. The zero-order valence-corrected chi connectivity index (χ0v) is 10.0. The highest BCUT2D eigenvalue weighted by atomic mass is 16.5. The lowest BCUT2D eigenvalue weighted by atomic mass is 10.0. The van der Waals surface area contributed by atoms with E-state index >= 15 is 0 Å². The molecule has 1 rings (SSSR count). The standard InChI is InChI=1S/C12H14O6/c1-6-3-8(10(15)12(16)17)4-7(2)11(6)18-5-9(13)14/h3-4,10,15H,5H2,1-2H3,(H,13,14)(H,16,17). The van der Waals surface area contributed by atoms with Crippen molar-refractivity contribution in [1.82, 2.24) is 0 Å². The first-order chi connectivity index (χ1) is 8.32. The monoisotopic (exact) mass is 254 g/mol. The first kappa shape index (κ1) is 14.0. The Morgan fingerprint density at radius 3 is 2.11 bits per heavy atom. The molecule has 0 fully saturated rings. The molecule has 18 heavy (non-hydrogen) atoms. The van der Waals surface area contributed by atoms with Crippen molar-refractivity contribution in [2.24, 2.45) is 0 Å². The molecule has 1 atom stereocenters. The molecule has 0 radical (unpaired) electrons. The van der Waals surface area contributed by atoms with E-state index in [1.54, 1.807) is 13.8 Å². The molecule has 0 aromatic heterocycles. The van der Waals surface area contributed by atoms with Crippen molar-refractivity contribution in [2.75, 3.05) is 6.61 Å². The number of hydrogen-bond donors (Lipinski definition) is 3. The number of aliphatic hydroxyl groups excluding tert-OH is 1. The number of carboxylic acids is 2. The Kier molecular flexibility index (Phi) is 4.28. The molecule has 0 bridgehead atoms. The Morgan fingerprint density at radius 2 is 1.72 bits per heavy atom. The number of benzene rings is 1. The topological polar surface area (TPSA) is 104 Å². The van der Waals surface area contributed by atoms with E-state index in [2.05, 4.69) is 0 Å². The highest BCUT2D eigenvalue weighted by molar-refractivity contribution is 5.74. The summed E-state index contributed by atoms with van der Waals surface area (Å²) in [4.78, 5) is 21.1. The number of rotatable bonds is 5. The molecule has 0 saturated heterocycles. The van der Waals surface area contributed by atoms with Gasteiger partial charge in [0.15, 0.2) is 12.7 Å². The van der Waals surface area contributed by atoms with Crippen LogP contribution in [0.5, 0.6) is 5.75 Å². The summed E-state index contributed by atoms with van der Waals surface area (Å²) in [6.07, 6.45) is -1.60. The van der Waals surface area contributed by atoms with Gasteiger partial charge in [0, 0.05) is 0 Å². The molecule has 1 aromatic carbocycles. The van der Waals surface area contributed by atoms with Crippen LogP contribution in [-0.2, 0) is 9.59 Å². The SMILES string of the molecule is Cc1cc(C(O)C(=O)O)cc(C)c1OCC(=O)O. The van der Waals surface area contributed by atoms with Crippen molar-refractivity contribution in [1.29, 1.82) is 0 Å². The van der Waals surface area contributed by atoms with Gasteiger partial charge < -0.3 is 20.1 Å². The largest absolute Gasteiger partial charge is 0.481 e. The van der Waals surface area contributed by atoms with Crippen LogP contribution in [0.3, 0.4) is 0 Å². The molecule has 6 nitrogen and oxygen atoms in total. The molecule has 6 heteroatoms. The predicted molar refractivity (Wildman–Crippen MR) is 61.6 cm³/mol. The number of hydrogen-bond acceptors (Lipinski definition) is 4. The number of aliphatic carboxylic acids is 2. The molecule has 0 saturated carbocycles. The second-order valence-corrected chi connectivity index (χ2v) is 3.91. The van der Waals surface area contributed by atoms with Crippen LogP contribution in [0.15, 0.2) is 12.1 Å². The summed E-state index contributed by atoms with van der Waals surface area (Å²) in [5.41, 5.74) is 1.39.